The van der Waals surface area contributed by atoms with Crippen molar-refractivity contribution in [2.45, 2.75) is 19.9 Å². The van der Waals surface area contributed by atoms with Crippen molar-refractivity contribution in [2.24, 2.45) is 0 Å². The molecule has 0 aliphatic carbocycles. The summed E-state index contributed by atoms with van der Waals surface area (Å²) < 4.78 is 10.7. The Balaban J connectivity index is 1.60. The maximum Gasteiger partial charge on any atom is 0.257 e. The van der Waals surface area contributed by atoms with Crippen LogP contribution in [-0.2, 0) is 4.79 Å². The molecule has 0 saturated carbocycles. The van der Waals surface area contributed by atoms with E-state index in [-0.39, 0.29) is 24.4 Å². The van der Waals surface area contributed by atoms with Gasteiger partial charge in [0.05, 0.1) is 36.7 Å². The average molecular weight is 407 g/mol. The van der Waals surface area contributed by atoms with Crippen molar-refractivity contribution in [1.82, 2.24) is 5.32 Å². The standard InChI is InChI=1S/C23H25N3O4/c1-3-29-18-12-10-17(11-13-18)25-23(28)19-7-4-5-8-20(19)26-22(27)15-24-16(2)21-9-6-14-30-21/h4-14,16,24H,3,15H2,1-2H3,(H,25,28)(H,26,27)/t16-/m0/s1. The van der Waals surface area contributed by atoms with Gasteiger partial charge in [-0.05, 0) is 62.4 Å². The lowest BCUT2D eigenvalue weighted by Crippen LogP contribution is -2.30. The summed E-state index contributed by atoms with van der Waals surface area (Å²) in [6, 6.07) is 17.5. The van der Waals surface area contributed by atoms with Crippen LogP contribution in [-0.4, -0.2) is 25.0 Å². The zero-order valence-corrected chi connectivity index (χ0v) is 17.0. The lowest BCUT2D eigenvalue weighted by Gasteiger charge is -2.14. The molecule has 2 amide bonds. The predicted octanol–water partition coefficient (Wildman–Crippen LogP) is 4.22. The van der Waals surface area contributed by atoms with E-state index in [1.54, 1.807) is 60.9 Å². The molecule has 1 aromatic heterocycles. The molecule has 3 N–H and O–H groups in total. The van der Waals surface area contributed by atoms with E-state index in [4.69, 9.17) is 9.15 Å². The minimum Gasteiger partial charge on any atom is -0.494 e. The quantitative estimate of drug-likeness (QED) is 0.494. The molecule has 3 aromatic rings. The van der Waals surface area contributed by atoms with Crippen molar-refractivity contribution in [2.75, 3.05) is 23.8 Å². The van der Waals surface area contributed by atoms with Crippen molar-refractivity contribution >= 4 is 23.2 Å². The van der Waals surface area contributed by atoms with E-state index >= 15 is 0 Å². The van der Waals surface area contributed by atoms with Crippen LogP contribution in [0.2, 0.25) is 0 Å². The van der Waals surface area contributed by atoms with Gasteiger partial charge in [0, 0.05) is 5.69 Å². The molecule has 30 heavy (non-hydrogen) atoms. The Kier molecular flexibility index (Phi) is 7.24. The summed E-state index contributed by atoms with van der Waals surface area (Å²) in [5.74, 6) is 0.916. The van der Waals surface area contributed by atoms with Gasteiger partial charge in [-0.1, -0.05) is 12.1 Å². The highest BCUT2D eigenvalue weighted by molar-refractivity contribution is 6.10. The highest BCUT2D eigenvalue weighted by Crippen LogP contribution is 2.20. The fraction of sp³-hybridized carbons (Fsp3) is 0.217. The summed E-state index contributed by atoms with van der Waals surface area (Å²) in [4.78, 5) is 25.1. The fourth-order valence-corrected chi connectivity index (χ4v) is 2.87. The molecule has 0 unspecified atom stereocenters. The topological polar surface area (TPSA) is 92.6 Å². The van der Waals surface area contributed by atoms with Crippen LogP contribution in [0, 0.1) is 0 Å². The minimum absolute atomic E-state index is 0.0801. The van der Waals surface area contributed by atoms with E-state index < -0.39 is 0 Å². The third-order valence-corrected chi connectivity index (χ3v) is 4.41. The van der Waals surface area contributed by atoms with Crippen molar-refractivity contribution in [3.05, 3.63) is 78.3 Å². The SMILES string of the molecule is CCOc1ccc(NC(=O)c2ccccc2NC(=O)CN[C@@H](C)c2ccco2)cc1. The predicted molar refractivity (Wildman–Crippen MR) is 116 cm³/mol. The van der Waals surface area contributed by atoms with Crippen LogP contribution in [0.5, 0.6) is 5.75 Å². The molecule has 0 aliphatic heterocycles. The van der Waals surface area contributed by atoms with Crippen LogP contribution < -0.4 is 20.7 Å². The summed E-state index contributed by atoms with van der Waals surface area (Å²) in [6.07, 6.45) is 1.59. The Labute approximate surface area is 175 Å². The zero-order valence-electron chi connectivity index (χ0n) is 17.0. The number of amides is 2. The van der Waals surface area contributed by atoms with Crippen LogP contribution in [0.3, 0.4) is 0 Å². The van der Waals surface area contributed by atoms with Crippen molar-refractivity contribution in [3.8, 4) is 5.75 Å². The summed E-state index contributed by atoms with van der Waals surface area (Å²) in [7, 11) is 0. The molecule has 7 nitrogen and oxygen atoms in total. The van der Waals surface area contributed by atoms with Gasteiger partial charge in [0.2, 0.25) is 5.91 Å². The highest BCUT2D eigenvalue weighted by Gasteiger charge is 2.15. The Morgan fingerprint density at radius 2 is 1.77 bits per heavy atom. The third-order valence-electron chi connectivity index (χ3n) is 4.41. The molecule has 0 bridgehead atoms. The number of hydrogen-bond acceptors (Lipinski definition) is 5. The van der Waals surface area contributed by atoms with E-state index in [1.807, 2.05) is 19.9 Å². The van der Waals surface area contributed by atoms with Gasteiger partial charge >= 0.3 is 0 Å². The maximum atomic E-state index is 12.7. The number of anilines is 2. The third kappa shape index (κ3) is 5.71. The fourth-order valence-electron chi connectivity index (χ4n) is 2.87. The van der Waals surface area contributed by atoms with Crippen LogP contribution in [0.1, 0.15) is 36.0 Å². The maximum absolute atomic E-state index is 12.7. The normalized spacial score (nSPS) is 11.5. The summed E-state index contributed by atoms with van der Waals surface area (Å²) in [6.45, 7) is 4.48. The second-order valence-electron chi connectivity index (χ2n) is 6.62. The lowest BCUT2D eigenvalue weighted by molar-refractivity contribution is -0.115. The second kappa shape index (κ2) is 10.3. The Morgan fingerprint density at radius 3 is 2.47 bits per heavy atom. The molecule has 7 heteroatoms. The zero-order chi connectivity index (χ0) is 21.3. The molecule has 0 aliphatic rings. The van der Waals surface area contributed by atoms with Gasteiger partial charge in [-0.2, -0.15) is 0 Å². The van der Waals surface area contributed by atoms with Gasteiger partial charge in [-0.15, -0.1) is 0 Å². The monoisotopic (exact) mass is 407 g/mol. The molecule has 0 radical (unpaired) electrons. The number of benzene rings is 2. The van der Waals surface area contributed by atoms with E-state index in [0.29, 0.717) is 23.5 Å². The largest absolute Gasteiger partial charge is 0.494 e. The minimum atomic E-state index is -0.313. The van der Waals surface area contributed by atoms with Crippen molar-refractivity contribution in [3.63, 3.8) is 0 Å². The molecular weight excluding hydrogens is 382 g/mol. The molecule has 0 spiro atoms. The van der Waals surface area contributed by atoms with E-state index in [0.717, 1.165) is 11.5 Å². The smallest absolute Gasteiger partial charge is 0.257 e. The van der Waals surface area contributed by atoms with Crippen molar-refractivity contribution in [1.29, 1.82) is 0 Å². The molecule has 0 saturated heterocycles. The van der Waals surface area contributed by atoms with Crippen LogP contribution in [0.15, 0.2) is 71.3 Å². The number of hydrogen-bond donors (Lipinski definition) is 3. The Hall–Kier alpha value is -3.58. The first-order valence-corrected chi connectivity index (χ1v) is 9.76. The number of carbonyl (C=O) groups is 2. The summed E-state index contributed by atoms with van der Waals surface area (Å²) in [5.41, 5.74) is 1.45. The molecule has 0 fully saturated rings. The van der Waals surface area contributed by atoms with Gasteiger partial charge in [0.25, 0.3) is 5.91 Å². The van der Waals surface area contributed by atoms with Crippen molar-refractivity contribution < 1.29 is 18.7 Å². The first kappa shape index (κ1) is 21.1. The number of rotatable bonds is 9. The van der Waals surface area contributed by atoms with Gasteiger partial charge < -0.3 is 19.8 Å². The van der Waals surface area contributed by atoms with Crippen LogP contribution in [0.4, 0.5) is 11.4 Å². The Bertz CT molecular complexity index is 968. The first-order chi connectivity index (χ1) is 14.6. The highest BCUT2D eigenvalue weighted by atomic mass is 16.5. The van der Waals surface area contributed by atoms with Crippen LogP contribution >= 0.6 is 0 Å². The first-order valence-electron chi connectivity index (χ1n) is 9.76. The van der Waals surface area contributed by atoms with Gasteiger partial charge in [-0.25, -0.2) is 0 Å². The number of para-hydroxylation sites is 1. The Morgan fingerprint density at radius 1 is 1.00 bits per heavy atom. The lowest BCUT2D eigenvalue weighted by atomic mass is 10.1. The van der Waals surface area contributed by atoms with Gasteiger partial charge in [0.15, 0.2) is 0 Å². The second-order valence-corrected chi connectivity index (χ2v) is 6.62. The number of ether oxygens (including phenoxy) is 1. The number of carbonyl (C=O) groups excluding carboxylic acids is 2. The molecule has 1 atom stereocenters. The summed E-state index contributed by atoms with van der Waals surface area (Å²) >= 11 is 0. The van der Waals surface area contributed by atoms with E-state index in [9.17, 15) is 9.59 Å². The molecule has 2 aromatic carbocycles. The number of nitrogens with one attached hydrogen (secondary N) is 3. The van der Waals surface area contributed by atoms with Gasteiger partial charge in [-0.3, -0.25) is 14.9 Å². The molecular formula is C23H25N3O4. The molecule has 3 rings (SSSR count). The summed E-state index contributed by atoms with van der Waals surface area (Å²) in [5, 5.41) is 8.72. The average Bonchev–Trinajstić information content (AvgIpc) is 3.29. The van der Waals surface area contributed by atoms with E-state index in [1.165, 1.54) is 0 Å². The van der Waals surface area contributed by atoms with Crippen LogP contribution in [0.25, 0.3) is 0 Å². The van der Waals surface area contributed by atoms with E-state index in [2.05, 4.69) is 16.0 Å². The van der Waals surface area contributed by atoms with Gasteiger partial charge in [0.1, 0.15) is 11.5 Å². The molecule has 1 heterocycles. The molecule has 156 valence electrons. The number of furan rings is 1.